The van der Waals surface area contributed by atoms with Crippen LogP contribution in [0.25, 0.3) is 0 Å². The standard InChI is InChI=1S/C17H21NO2/c1-4-17(19,16-7-5-6-12-18-16)13(2)14-8-10-15(20-3)11-9-14/h5-13,19H,4H2,1-3H3/t13-,17+/m1/s1. The van der Waals surface area contributed by atoms with Gasteiger partial charge in [0.25, 0.3) is 0 Å². The summed E-state index contributed by atoms with van der Waals surface area (Å²) in [5.41, 5.74) is 0.821. The van der Waals surface area contributed by atoms with E-state index in [4.69, 9.17) is 4.74 Å². The molecule has 106 valence electrons. The van der Waals surface area contributed by atoms with Crippen LogP contribution in [0.15, 0.2) is 48.7 Å². The minimum Gasteiger partial charge on any atom is -0.497 e. The van der Waals surface area contributed by atoms with Crippen LogP contribution in [-0.4, -0.2) is 17.2 Å². The van der Waals surface area contributed by atoms with Crippen molar-refractivity contribution in [3.63, 3.8) is 0 Å². The van der Waals surface area contributed by atoms with Crippen LogP contribution in [0.2, 0.25) is 0 Å². The third-order valence-electron chi connectivity index (χ3n) is 3.98. The quantitative estimate of drug-likeness (QED) is 0.905. The van der Waals surface area contributed by atoms with Crippen molar-refractivity contribution >= 4 is 0 Å². The van der Waals surface area contributed by atoms with Crippen molar-refractivity contribution in [2.24, 2.45) is 0 Å². The van der Waals surface area contributed by atoms with Gasteiger partial charge in [-0.2, -0.15) is 0 Å². The van der Waals surface area contributed by atoms with Gasteiger partial charge in [0.15, 0.2) is 0 Å². The topological polar surface area (TPSA) is 42.4 Å². The van der Waals surface area contributed by atoms with Gasteiger partial charge in [-0.25, -0.2) is 0 Å². The van der Waals surface area contributed by atoms with E-state index in [1.54, 1.807) is 13.3 Å². The molecule has 0 amide bonds. The van der Waals surface area contributed by atoms with Crippen LogP contribution in [0.5, 0.6) is 5.75 Å². The lowest BCUT2D eigenvalue weighted by molar-refractivity contribution is 0.00427. The summed E-state index contributed by atoms with van der Waals surface area (Å²) in [5.74, 6) is 0.770. The van der Waals surface area contributed by atoms with Gasteiger partial charge in [0, 0.05) is 12.1 Å². The van der Waals surface area contributed by atoms with Crippen molar-refractivity contribution in [2.75, 3.05) is 7.11 Å². The average molecular weight is 271 g/mol. The van der Waals surface area contributed by atoms with Crippen molar-refractivity contribution in [1.29, 1.82) is 0 Å². The number of pyridine rings is 1. The van der Waals surface area contributed by atoms with E-state index in [1.165, 1.54) is 0 Å². The Kier molecular flexibility index (Phi) is 4.40. The Labute approximate surface area is 120 Å². The minimum atomic E-state index is -0.962. The maximum atomic E-state index is 11.0. The van der Waals surface area contributed by atoms with Gasteiger partial charge >= 0.3 is 0 Å². The second-order valence-electron chi connectivity index (χ2n) is 4.99. The third kappa shape index (κ3) is 2.68. The zero-order valence-corrected chi connectivity index (χ0v) is 12.2. The van der Waals surface area contributed by atoms with Gasteiger partial charge in [-0.1, -0.05) is 32.0 Å². The van der Waals surface area contributed by atoms with E-state index in [0.717, 1.165) is 11.3 Å². The lowest BCUT2D eigenvalue weighted by atomic mass is 9.79. The molecule has 0 saturated carbocycles. The summed E-state index contributed by atoms with van der Waals surface area (Å²) < 4.78 is 5.17. The van der Waals surface area contributed by atoms with Crippen LogP contribution in [0.1, 0.15) is 37.4 Å². The fourth-order valence-corrected chi connectivity index (χ4v) is 2.50. The van der Waals surface area contributed by atoms with E-state index in [0.29, 0.717) is 12.1 Å². The molecule has 0 bridgehead atoms. The van der Waals surface area contributed by atoms with E-state index in [-0.39, 0.29) is 5.92 Å². The molecule has 2 rings (SSSR count). The number of hydrogen-bond donors (Lipinski definition) is 1. The number of rotatable bonds is 5. The highest BCUT2D eigenvalue weighted by Crippen LogP contribution is 2.38. The summed E-state index contributed by atoms with van der Waals surface area (Å²) in [6, 6.07) is 13.5. The molecule has 1 aromatic heterocycles. The molecule has 0 spiro atoms. The first kappa shape index (κ1) is 14.5. The number of aliphatic hydroxyl groups is 1. The first-order valence-electron chi connectivity index (χ1n) is 6.89. The number of hydrogen-bond acceptors (Lipinski definition) is 3. The van der Waals surface area contributed by atoms with E-state index in [1.807, 2.05) is 56.3 Å². The zero-order valence-electron chi connectivity index (χ0n) is 12.2. The molecule has 1 aromatic carbocycles. The van der Waals surface area contributed by atoms with Crippen LogP contribution in [0.3, 0.4) is 0 Å². The van der Waals surface area contributed by atoms with Gasteiger partial charge < -0.3 is 9.84 Å². The molecule has 3 heteroatoms. The highest BCUT2D eigenvalue weighted by atomic mass is 16.5. The molecule has 20 heavy (non-hydrogen) atoms. The first-order valence-corrected chi connectivity index (χ1v) is 6.89. The van der Waals surface area contributed by atoms with Gasteiger partial charge in [0.05, 0.1) is 12.8 Å². The second-order valence-corrected chi connectivity index (χ2v) is 4.99. The molecule has 3 nitrogen and oxygen atoms in total. The van der Waals surface area contributed by atoms with E-state index < -0.39 is 5.60 Å². The largest absolute Gasteiger partial charge is 0.497 e. The number of nitrogens with zero attached hydrogens (tertiary/aromatic N) is 1. The molecular weight excluding hydrogens is 250 g/mol. The minimum absolute atomic E-state index is 0.0479. The lowest BCUT2D eigenvalue weighted by Crippen LogP contribution is -2.32. The Morgan fingerprint density at radius 2 is 1.90 bits per heavy atom. The zero-order chi connectivity index (χ0) is 14.6. The van der Waals surface area contributed by atoms with Crippen molar-refractivity contribution in [3.8, 4) is 5.75 Å². The smallest absolute Gasteiger partial charge is 0.118 e. The monoisotopic (exact) mass is 271 g/mol. The number of benzene rings is 1. The molecule has 2 aromatic rings. The molecule has 1 heterocycles. The summed E-state index contributed by atoms with van der Waals surface area (Å²) >= 11 is 0. The van der Waals surface area contributed by atoms with Crippen LogP contribution >= 0.6 is 0 Å². The molecule has 0 fully saturated rings. The van der Waals surface area contributed by atoms with E-state index in [2.05, 4.69) is 4.98 Å². The molecule has 0 aliphatic heterocycles. The van der Waals surface area contributed by atoms with Crippen molar-refractivity contribution in [3.05, 3.63) is 59.9 Å². The number of aromatic nitrogens is 1. The van der Waals surface area contributed by atoms with Gasteiger partial charge in [0.1, 0.15) is 11.4 Å². The first-order chi connectivity index (χ1) is 9.61. The Hall–Kier alpha value is -1.87. The molecule has 0 radical (unpaired) electrons. The Morgan fingerprint density at radius 3 is 2.40 bits per heavy atom. The molecule has 1 N–H and O–H groups in total. The van der Waals surface area contributed by atoms with Crippen LogP contribution in [0, 0.1) is 0 Å². The van der Waals surface area contributed by atoms with Crippen molar-refractivity contribution in [2.45, 2.75) is 31.8 Å². The summed E-state index contributed by atoms with van der Waals surface area (Å²) in [5, 5.41) is 11.0. The summed E-state index contributed by atoms with van der Waals surface area (Å²) in [4.78, 5) is 4.33. The fourth-order valence-electron chi connectivity index (χ4n) is 2.50. The Morgan fingerprint density at radius 1 is 1.20 bits per heavy atom. The molecule has 0 aliphatic carbocycles. The number of ether oxygens (including phenoxy) is 1. The average Bonchev–Trinajstić information content (AvgIpc) is 2.54. The molecule has 2 atom stereocenters. The predicted octanol–water partition coefficient (Wildman–Crippen LogP) is 3.49. The summed E-state index contributed by atoms with van der Waals surface area (Å²) in [6.45, 7) is 4.01. The highest BCUT2D eigenvalue weighted by molar-refractivity contribution is 5.32. The van der Waals surface area contributed by atoms with Gasteiger partial charge in [-0.05, 0) is 36.2 Å². The Bertz CT molecular complexity index is 539. The van der Waals surface area contributed by atoms with Gasteiger partial charge in [-0.3, -0.25) is 4.98 Å². The second kappa shape index (κ2) is 6.06. The predicted molar refractivity (Wildman–Crippen MR) is 79.8 cm³/mol. The molecule has 0 unspecified atom stereocenters. The van der Waals surface area contributed by atoms with Gasteiger partial charge in [-0.15, -0.1) is 0 Å². The SMILES string of the molecule is CC[C@@](O)(c1ccccn1)[C@H](C)c1ccc(OC)cc1. The molecule has 0 saturated heterocycles. The van der Waals surface area contributed by atoms with Crippen LogP contribution in [-0.2, 0) is 5.60 Å². The van der Waals surface area contributed by atoms with E-state index in [9.17, 15) is 5.11 Å². The molecular formula is C17H21NO2. The molecule has 0 aliphatic rings. The normalized spacial score (nSPS) is 15.4. The summed E-state index contributed by atoms with van der Waals surface area (Å²) in [7, 11) is 1.65. The summed E-state index contributed by atoms with van der Waals surface area (Å²) in [6.07, 6.45) is 2.33. The van der Waals surface area contributed by atoms with Crippen LogP contribution < -0.4 is 4.74 Å². The third-order valence-corrected chi connectivity index (χ3v) is 3.98. The highest BCUT2D eigenvalue weighted by Gasteiger charge is 2.36. The Balaban J connectivity index is 2.35. The van der Waals surface area contributed by atoms with Crippen LogP contribution in [0.4, 0.5) is 0 Å². The van der Waals surface area contributed by atoms with Crippen molar-refractivity contribution < 1.29 is 9.84 Å². The van der Waals surface area contributed by atoms with E-state index >= 15 is 0 Å². The maximum absolute atomic E-state index is 11.0. The number of methoxy groups -OCH3 is 1. The fraction of sp³-hybridized carbons (Fsp3) is 0.353. The van der Waals surface area contributed by atoms with Gasteiger partial charge in [0.2, 0.25) is 0 Å². The lowest BCUT2D eigenvalue weighted by Gasteiger charge is -2.33. The maximum Gasteiger partial charge on any atom is 0.118 e. The van der Waals surface area contributed by atoms with Crippen molar-refractivity contribution in [1.82, 2.24) is 4.98 Å².